The van der Waals surface area contributed by atoms with Crippen LogP contribution in [0.25, 0.3) is 10.1 Å². The Morgan fingerprint density at radius 3 is 2.63 bits per heavy atom. The Kier molecular flexibility index (Phi) is 7.80. The molecule has 0 atom stereocenters. The van der Waals surface area contributed by atoms with Gasteiger partial charge in [0, 0.05) is 62.0 Å². The molecule has 6 nitrogen and oxygen atoms in total. The number of methoxy groups -OCH3 is 1. The molecule has 0 unspecified atom stereocenters. The summed E-state index contributed by atoms with van der Waals surface area (Å²) in [6.07, 6.45) is 0.802. The van der Waals surface area contributed by atoms with Crippen LogP contribution < -0.4 is 0 Å². The Hall–Kier alpha value is -2.03. The van der Waals surface area contributed by atoms with Crippen LogP contribution in [0.4, 0.5) is 4.39 Å². The molecular formula is C22H30FN3O3S. The van der Waals surface area contributed by atoms with Crippen molar-refractivity contribution in [3.63, 3.8) is 0 Å². The number of thiophene rings is 1. The molecule has 2 aromatic rings. The zero-order chi connectivity index (χ0) is 21.7. The number of likely N-dealkylation sites (N-methyl/N-ethyl adjacent to an activating group) is 1. The van der Waals surface area contributed by atoms with Crippen molar-refractivity contribution >= 4 is 33.2 Å². The summed E-state index contributed by atoms with van der Waals surface area (Å²) in [5, 5.41) is 0.481. The second kappa shape index (κ2) is 10.3. The number of hydrogen-bond acceptors (Lipinski definition) is 5. The van der Waals surface area contributed by atoms with E-state index in [4.69, 9.17) is 4.74 Å². The fourth-order valence-electron chi connectivity index (χ4n) is 3.97. The summed E-state index contributed by atoms with van der Waals surface area (Å²) in [6.45, 7) is 8.56. The molecule has 0 saturated carbocycles. The number of amides is 2. The SMILES string of the molecule is CCN(CC)C(=O)CN1CCCN(C(=O)c2sc3cccc(F)c3c2COC)CC1. The highest BCUT2D eigenvalue weighted by Crippen LogP contribution is 2.34. The minimum atomic E-state index is -0.327. The van der Waals surface area contributed by atoms with Crippen molar-refractivity contribution in [2.75, 3.05) is 52.9 Å². The highest BCUT2D eigenvalue weighted by Gasteiger charge is 2.27. The summed E-state index contributed by atoms with van der Waals surface area (Å²) >= 11 is 1.32. The van der Waals surface area contributed by atoms with Gasteiger partial charge < -0.3 is 14.5 Å². The summed E-state index contributed by atoms with van der Waals surface area (Å²) in [6, 6.07) is 4.91. The number of rotatable bonds is 7. The third kappa shape index (κ3) is 4.82. The van der Waals surface area contributed by atoms with Crippen LogP contribution in [0.15, 0.2) is 18.2 Å². The molecule has 0 spiro atoms. The molecule has 30 heavy (non-hydrogen) atoms. The van der Waals surface area contributed by atoms with Crippen molar-refractivity contribution in [2.45, 2.75) is 26.9 Å². The molecular weight excluding hydrogens is 405 g/mol. The summed E-state index contributed by atoms with van der Waals surface area (Å²) in [5.74, 6) is -0.284. The first-order valence-electron chi connectivity index (χ1n) is 10.5. The summed E-state index contributed by atoms with van der Waals surface area (Å²) in [5.41, 5.74) is 0.624. The van der Waals surface area contributed by atoms with Gasteiger partial charge >= 0.3 is 0 Å². The Labute approximate surface area is 181 Å². The van der Waals surface area contributed by atoms with Crippen LogP contribution in [0.1, 0.15) is 35.5 Å². The van der Waals surface area contributed by atoms with Crippen LogP contribution in [0.3, 0.4) is 0 Å². The van der Waals surface area contributed by atoms with E-state index in [-0.39, 0.29) is 24.2 Å². The number of fused-ring (bicyclic) bond motifs is 1. The average Bonchev–Trinajstić information content (AvgIpc) is 2.94. The van der Waals surface area contributed by atoms with Gasteiger partial charge in [0.2, 0.25) is 5.91 Å². The molecule has 1 aromatic carbocycles. The van der Waals surface area contributed by atoms with Crippen LogP contribution in [-0.2, 0) is 16.1 Å². The van der Waals surface area contributed by atoms with E-state index in [9.17, 15) is 14.0 Å². The van der Waals surface area contributed by atoms with Gasteiger partial charge in [0.25, 0.3) is 5.91 Å². The molecule has 8 heteroatoms. The van der Waals surface area contributed by atoms with Gasteiger partial charge in [0.1, 0.15) is 5.82 Å². The fraction of sp³-hybridized carbons (Fsp3) is 0.545. The molecule has 1 saturated heterocycles. The first kappa shape index (κ1) is 22.7. The van der Waals surface area contributed by atoms with Gasteiger partial charge in [-0.2, -0.15) is 0 Å². The quantitative estimate of drug-likeness (QED) is 0.670. The van der Waals surface area contributed by atoms with Gasteiger partial charge in [-0.3, -0.25) is 14.5 Å². The van der Waals surface area contributed by atoms with Crippen molar-refractivity contribution in [2.24, 2.45) is 0 Å². The molecule has 1 aliphatic heterocycles. The molecule has 1 fully saturated rings. The predicted molar refractivity (Wildman–Crippen MR) is 117 cm³/mol. The van der Waals surface area contributed by atoms with E-state index in [1.54, 1.807) is 13.2 Å². The van der Waals surface area contributed by atoms with Gasteiger partial charge in [-0.15, -0.1) is 11.3 Å². The van der Waals surface area contributed by atoms with Crippen LogP contribution in [0, 0.1) is 5.82 Å². The van der Waals surface area contributed by atoms with Crippen molar-refractivity contribution < 1.29 is 18.7 Å². The van der Waals surface area contributed by atoms with E-state index < -0.39 is 0 Å². The maximum absolute atomic E-state index is 14.4. The molecule has 0 radical (unpaired) electrons. The number of benzene rings is 1. The first-order chi connectivity index (χ1) is 14.5. The van der Waals surface area contributed by atoms with Crippen LogP contribution in [-0.4, -0.2) is 79.4 Å². The van der Waals surface area contributed by atoms with Crippen molar-refractivity contribution in [1.82, 2.24) is 14.7 Å². The summed E-state index contributed by atoms with van der Waals surface area (Å²) < 4.78 is 20.5. The number of carbonyl (C=O) groups is 2. The Balaban J connectivity index is 1.74. The Bertz CT molecular complexity index is 897. The third-order valence-electron chi connectivity index (χ3n) is 5.60. The van der Waals surface area contributed by atoms with Gasteiger partial charge in [-0.25, -0.2) is 4.39 Å². The second-order valence-corrected chi connectivity index (χ2v) is 8.50. The van der Waals surface area contributed by atoms with E-state index in [0.29, 0.717) is 55.1 Å². The number of halogens is 1. The van der Waals surface area contributed by atoms with Crippen LogP contribution in [0.5, 0.6) is 0 Å². The van der Waals surface area contributed by atoms with Crippen molar-refractivity contribution in [1.29, 1.82) is 0 Å². The Morgan fingerprint density at radius 1 is 1.17 bits per heavy atom. The average molecular weight is 436 g/mol. The van der Waals surface area contributed by atoms with Gasteiger partial charge in [-0.1, -0.05) is 6.07 Å². The number of hydrogen-bond donors (Lipinski definition) is 0. The lowest BCUT2D eigenvalue weighted by Crippen LogP contribution is -2.42. The second-order valence-electron chi connectivity index (χ2n) is 7.44. The topological polar surface area (TPSA) is 53.1 Å². The molecule has 2 heterocycles. The summed E-state index contributed by atoms with van der Waals surface area (Å²) in [7, 11) is 1.55. The highest BCUT2D eigenvalue weighted by molar-refractivity contribution is 7.21. The van der Waals surface area contributed by atoms with E-state index in [0.717, 1.165) is 17.7 Å². The zero-order valence-electron chi connectivity index (χ0n) is 17.9. The van der Waals surface area contributed by atoms with Crippen molar-refractivity contribution in [3.8, 4) is 0 Å². The minimum absolute atomic E-state index is 0.0837. The number of carbonyl (C=O) groups excluding carboxylic acids is 2. The normalized spacial score (nSPS) is 15.4. The smallest absolute Gasteiger partial charge is 0.264 e. The molecule has 3 rings (SSSR count). The molecule has 1 aromatic heterocycles. The number of nitrogens with zero attached hydrogens (tertiary/aromatic N) is 3. The standard InChI is InChI=1S/C22H30FN3O3S/c1-4-25(5-2)19(27)14-24-10-7-11-26(13-12-24)22(28)21-16(15-29-3)20-17(23)8-6-9-18(20)30-21/h6,8-9H,4-5,7,10-15H2,1-3H3. The lowest BCUT2D eigenvalue weighted by molar-refractivity contribution is -0.132. The maximum atomic E-state index is 14.4. The van der Waals surface area contributed by atoms with E-state index in [1.807, 2.05) is 29.7 Å². The molecule has 2 amide bonds. The largest absolute Gasteiger partial charge is 0.380 e. The lowest BCUT2D eigenvalue weighted by atomic mass is 10.1. The molecule has 0 bridgehead atoms. The molecule has 1 aliphatic rings. The van der Waals surface area contributed by atoms with Gasteiger partial charge in [-0.05, 0) is 32.4 Å². The van der Waals surface area contributed by atoms with E-state index in [2.05, 4.69) is 4.90 Å². The first-order valence-corrected chi connectivity index (χ1v) is 11.3. The molecule has 0 N–H and O–H groups in total. The predicted octanol–water partition coefficient (Wildman–Crippen LogP) is 3.20. The van der Waals surface area contributed by atoms with Gasteiger partial charge in [0.15, 0.2) is 0 Å². The van der Waals surface area contributed by atoms with Crippen LogP contribution in [0.2, 0.25) is 0 Å². The minimum Gasteiger partial charge on any atom is -0.380 e. The van der Waals surface area contributed by atoms with Crippen LogP contribution >= 0.6 is 11.3 Å². The van der Waals surface area contributed by atoms with Gasteiger partial charge in [0.05, 0.1) is 18.0 Å². The van der Waals surface area contributed by atoms with E-state index >= 15 is 0 Å². The molecule has 164 valence electrons. The number of ether oxygens (including phenoxy) is 1. The maximum Gasteiger partial charge on any atom is 0.264 e. The van der Waals surface area contributed by atoms with E-state index in [1.165, 1.54) is 17.4 Å². The van der Waals surface area contributed by atoms with Crippen molar-refractivity contribution in [3.05, 3.63) is 34.5 Å². The Morgan fingerprint density at radius 2 is 1.93 bits per heavy atom. The molecule has 0 aliphatic carbocycles. The third-order valence-corrected chi connectivity index (χ3v) is 6.78. The zero-order valence-corrected chi connectivity index (χ0v) is 18.8. The monoisotopic (exact) mass is 435 g/mol. The summed E-state index contributed by atoms with van der Waals surface area (Å²) in [4.78, 5) is 32.1. The lowest BCUT2D eigenvalue weighted by Gasteiger charge is -2.25. The fourth-order valence-corrected chi connectivity index (χ4v) is 5.16. The highest BCUT2D eigenvalue weighted by atomic mass is 32.1.